The van der Waals surface area contributed by atoms with E-state index in [9.17, 15) is 5.11 Å². The number of rotatable bonds is 5. The summed E-state index contributed by atoms with van der Waals surface area (Å²) >= 11 is 0. The molecule has 2 fully saturated rings. The molecule has 0 amide bonds. The molecule has 1 spiro atoms. The number of unbranched alkanes of at least 4 members (excludes halogenated alkanes) is 2. The molecule has 2 atom stereocenters. The lowest BCUT2D eigenvalue weighted by Crippen LogP contribution is -2.36. The topological polar surface area (TPSA) is 38.7 Å². The van der Waals surface area contributed by atoms with Crippen LogP contribution in [0.25, 0.3) is 0 Å². The van der Waals surface area contributed by atoms with Crippen LogP contribution in [0.2, 0.25) is 0 Å². The molecule has 0 aromatic heterocycles. The van der Waals surface area contributed by atoms with Crippen LogP contribution in [-0.2, 0) is 9.47 Å². The first-order valence-corrected chi connectivity index (χ1v) is 7.25. The minimum absolute atomic E-state index is 0.0926. The lowest BCUT2D eigenvalue weighted by atomic mass is 9.94. The number of aliphatic hydroxyl groups excluding tert-OH is 1. The van der Waals surface area contributed by atoms with Gasteiger partial charge in [0.15, 0.2) is 5.79 Å². The highest BCUT2D eigenvalue weighted by Gasteiger charge is 2.44. The van der Waals surface area contributed by atoms with Crippen molar-refractivity contribution in [3.05, 3.63) is 0 Å². The Morgan fingerprint density at radius 3 is 2.71 bits per heavy atom. The molecule has 0 unspecified atom stereocenters. The number of aliphatic hydroxyl groups is 1. The molecule has 0 radical (unpaired) electrons. The molecule has 0 bridgehead atoms. The summed E-state index contributed by atoms with van der Waals surface area (Å²) in [7, 11) is 0. The van der Waals surface area contributed by atoms with Crippen LogP contribution in [-0.4, -0.2) is 29.7 Å². The SMILES string of the molecule is CCCCC[C@@H](O)[C@H]1COC2(CCCCC2)O1. The summed E-state index contributed by atoms with van der Waals surface area (Å²) in [6.07, 6.45) is 9.57. The highest BCUT2D eigenvalue weighted by molar-refractivity contribution is 4.85. The molecule has 1 heterocycles. The number of hydrogen-bond donors (Lipinski definition) is 1. The first kappa shape index (κ1) is 13.3. The van der Waals surface area contributed by atoms with E-state index in [1.165, 1.54) is 32.1 Å². The Balaban J connectivity index is 1.76. The van der Waals surface area contributed by atoms with Gasteiger partial charge in [0.25, 0.3) is 0 Å². The smallest absolute Gasteiger partial charge is 0.169 e. The molecule has 1 N–H and O–H groups in total. The molecule has 1 saturated carbocycles. The molecule has 3 nitrogen and oxygen atoms in total. The third-order valence-corrected chi connectivity index (χ3v) is 4.02. The first-order chi connectivity index (χ1) is 8.26. The molecular formula is C14H26O3. The Bertz CT molecular complexity index is 224. The van der Waals surface area contributed by atoms with Gasteiger partial charge in [-0.05, 0) is 19.3 Å². The highest BCUT2D eigenvalue weighted by atomic mass is 16.7. The van der Waals surface area contributed by atoms with Crippen molar-refractivity contribution in [2.24, 2.45) is 0 Å². The Morgan fingerprint density at radius 1 is 1.24 bits per heavy atom. The second-order valence-corrected chi connectivity index (χ2v) is 5.50. The Labute approximate surface area is 104 Å². The van der Waals surface area contributed by atoms with Gasteiger partial charge in [0.05, 0.1) is 12.7 Å². The van der Waals surface area contributed by atoms with Crippen LogP contribution in [0, 0.1) is 0 Å². The van der Waals surface area contributed by atoms with Gasteiger partial charge in [-0.1, -0.05) is 32.6 Å². The van der Waals surface area contributed by atoms with Crippen LogP contribution in [0.4, 0.5) is 0 Å². The first-order valence-electron chi connectivity index (χ1n) is 7.25. The van der Waals surface area contributed by atoms with Gasteiger partial charge in [0.1, 0.15) is 6.10 Å². The zero-order valence-electron chi connectivity index (χ0n) is 11.0. The van der Waals surface area contributed by atoms with Gasteiger partial charge in [-0.15, -0.1) is 0 Å². The standard InChI is InChI=1S/C14H26O3/c1-2-3-5-8-12(15)13-11-16-14(17-13)9-6-4-7-10-14/h12-13,15H,2-11H2,1H3/t12-,13-/m1/s1. The van der Waals surface area contributed by atoms with E-state index in [0.29, 0.717) is 6.61 Å². The summed E-state index contributed by atoms with van der Waals surface area (Å²) in [5.74, 6) is -0.339. The molecule has 100 valence electrons. The fourth-order valence-corrected chi connectivity index (χ4v) is 2.91. The normalized spacial score (nSPS) is 29.6. The Morgan fingerprint density at radius 2 is 2.00 bits per heavy atom. The van der Waals surface area contributed by atoms with E-state index < -0.39 is 0 Å². The maximum absolute atomic E-state index is 10.1. The summed E-state index contributed by atoms with van der Waals surface area (Å²) in [4.78, 5) is 0. The minimum atomic E-state index is -0.345. The van der Waals surface area contributed by atoms with Gasteiger partial charge in [-0.2, -0.15) is 0 Å². The van der Waals surface area contributed by atoms with E-state index in [-0.39, 0.29) is 18.0 Å². The Hall–Kier alpha value is -0.120. The summed E-state index contributed by atoms with van der Waals surface area (Å²) in [6, 6.07) is 0. The van der Waals surface area contributed by atoms with Gasteiger partial charge >= 0.3 is 0 Å². The second-order valence-electron chi connectivity index (χ2n) is 5.50. The molecule has 0 aromatic carbocycles. The zero-order valence-corrected chi connectivity index (χ0v) is 11.0. The van der Waals surface area contributed by atoms with Crippen LogP contribution in [0.1, 0.15) is 64.7 Å². The molecule has 2 aliphatic rings. The second kappa shape index (κ2) is 6.17. The lowest BCUT2D eigenvalue weighted by molar-refractivity contribution is -0.195. The van der Waals surface area contributed by atoms with Crippen molar-refractivity contribution >= 4 is 0 Å². The number of ether oxygens (including phenoxy) is 2. The molecule has 0 aromatic rings. The van der Waals surface area contributed by atoms with Crippen LogP contribution < -0.4 is 0 Å². The molecule has 2 rings (SSSR count). The van der Waals surface area contributed by atoms with E-state index in [1.807, 2.05) is 0 Å². The summed E-state index contributed by atoms with van der Waals surface area (Å²) in [5, 5.41) is 10.1. The van der Waals surface area contributed by atoms with Crippen LogP contribution in [0.15, 0.2) is 0 Å². The van der Waals surface area contributed by atoms with Gasteiger partial charge in [0, 0.05) is 12.8 Å². The highest BCUT2D eigenvalue weighted by Crippen LogP contribution is 2.38. The summed E-state index contributed by atoms with van der Waals surface area (Å²) in [5.41, 5.74) is 0. The van der Waals surface area contributed by atoms with Crippen molar-refractivity contribution in [1.29, 1.82) is 0 Å². The summed E-state index contributed by atoms with van der Waals surface area (Å²) < 4.78 is 11.8. The average Bonchev–Trinajstić information content (AvgIpc) is 2.74. The van der Waals surface area contributed by atoms with E-state index in [2.05, 4.69) is 6.92 Å². The molecule has 3 heteroatoms. The molecule has 1 saturated heterocycles. The van der Waals surface area contributed by atoms with Gasteiger partial charge in [0.2, 0.25) is 0 Å². The average molecular weight is 242 g/mol. The van der Waals surface area contributed by atoms with E-state index in [4.69, 9.17) is 9.47 Å². The van der Waals surface area contributed by atoms with Crippen molar-refractivity contribution < 1.29 is 14.6 Å². The predicted octanol–water partition coefficient (Wildman–Crippen LogP) is 3.00. The van der Waals surface area contributed by atoms with Crippen LogP contribution in [0.3, 0.4) is 0 Å². The van der Waals surface area contributed by atoms with E-state index in [0.717, 1.165) is 25.7 Å². The zero-order chi connectivity index (χ0) is 12.1. The Kier molecular flexibility index (Phi) is 4.83. The van der Waals surface area contributed by atoms with Crippen LogP contribution >= 0.6 is 0 Å². The largest absolute Gasteiger partial charge is 0.390 e. The van der Waals surface area contributed by atoms with Crippen LogP contribution in [0.5, 0.6) is 0 Å². The van der Waals surface area contributed by atoms with Gasteiger partial charge in [-0.3, -0.25) is 0 Å². The molecule has 1 aliphatic heterocycles. The molecule has 1 aliphatic carbocycles. The van der Waals surface area contributed by atoms with E-state index >= 15 is 0 Å². The fraction of sp³-hybridized carbons (Fsp3) is 1.00. The predicted molar refractivity (Wildman–Crippen MR) is 66.8 cm³/mol. The maximum atomic E-state index is 10.1. The van der Waals surface area contributed by atoms with E-state index in [1.54, 1.807) is 0 Å². The van der Waals surface area contributed by atoms with Crippen molar-refractivity contribution in [1.82, 2.24) is 0 Å². The fourth-order valence-electron chi connectivity index (χ4n) is 2.91. The maximum Gasteiger partial charge on any atom is 0.169 e. The van der Waals surface area contributed by atoms with Crippen molar-refractivity contribution in [2.75, 3.05) is 6.61 Å². The monoisotopic (exact) mass is 242 g/mol. The minimum Gasteiger partial charge on any atom is -0.390 e. The van der Waals surface area contributed by atoms with Gasteiger partial charge in [-0.25, -0.2) is 0 Å². The quantitative estimate of drug-likeness (QED) is 0.753. The van der Waals surface area contributed by atoms with Crippen molar-refractivity contribution in [2.45, 2.75) is 82.7 Å². The number of hydrogen-bond acceptors (Lipinski definition) is 3. The molecule has 17 heavy (non-hydrogen) atoms. The lowest BCUT2D eigenvalue weighted by Gasteiger charge is -2.32. The third kappa shape index (κ3) is 3.43. The van der Waals surface area contributed by atoms with Gasteiger partial charge < -0.3 is 14.6 Å². The molecular weight excluding hydrogens is 216 g/mol. The summed E-state index contributed by atoms with van der Waals surface area (Å²) in [6.45, 7) is 2.76. The van der Waals surface area contributed by atoms with Crippen molar-refractivity contribution in [3.8, 4) is 0 Å². The van der Waals surface area contributed by atoms with Crippen molar-refractivity contribution in [3.63, 3.8) is 0 Å². The third-order valence-electron chi connectivity index (χ3n) is 4.02.